The molecule has 7 heteroatoms. The van der Waals surface area contributed by atoms with Gasteiger partial charge in [-0.3, -0.25) is 10.3 Å². The Morgan fingerprint density at radius 3 is 2.38 bits per heavy atom. The highest BCUT2D eigenvalue weighted by molar-refractivity contribution is 9.10. The maximum Gasteiger partial charge on any atom is 0.202 e. The van der Waals surface area contributed by atoms with Gasteiger partial charge < -0.3 is 14.9 Å². The molecule has 0 spiro atoms. The summed E-state index contributed by atoms with van der Waals surface area (Å²) in [6.45, 7) is 1.45. The summed E-state index contributed by atoms with van der Waals surface area (Å²) in [4.78, 5) is 5.53. The molecule has 0 aliphatic carbocycles. The fourth-order valence-corrected chi connectivity index (χ4v) is 2.86. The van der Waals surface area contributed by atoms with Crippen LogP contribution in [0.25, 0.3) is 0 Å². The number of phenolic OH excluding ortho intramolecular Hbond substituents is 1. The highest BCUT2D eigenvalue weighted by Gasteiger charge is 2.23. The van der Waals surface area contributed by atoms with Crippen LogP contribution in [-0.2, 0) is 0 Å². The zero-order valence-electron chi connectivity index (χ0n) is 15.1. The summed E-state index contributed by atoms with van der Waals surface area (Å²) >= 11 is 3.53. The fraction of sp³-hybridized carbons (Fsp3) is 0.263. The number of benzene rings is 2. The molecular weight excluding hydrogens is 394 g/mol. The van der Waals surface area contributed by atoms with Gasteiger partial charge in [0.2, 0.25) is 5.96 Å². The van der Waals surface area contributed by atoms with E-state index in [1.54, 1.807) is 17.0 Å². The topological polar surface area (TPSA) is 77.6 Å². The summed E-state index contributed by atoms with van der Waals surface area (Å²) in [5.41, 5.74) is 1.54. The molecule has 2 rings (SSSR count). The van der Waals surface area contributed by atoms with E-state index in [0.29, 0.717) is 17.8 Å². The van der Waals surface area contributed by atoms with E-state index < -0.39 is 0 Å². The standard InChI is InChI=1S/C19H22BrN5O/c1-23(2)10-11-24(3)19(22)25(16-7-5-4-6-15(16)20)17-9-8-14(13-21)12-18(17)26/h4-9,12,22,26H,10-11H2,1-3H3. The molecule has 136 valence electrons. The molecule has 26 heavy (non-hydrogen) atoms. The SMILES string of the molecule is CN(C)CCN(C)C(=N)N(c1ccc(C#N)cc1O)c1ccccc1Br. The van der Waals surface area contributed by atoms with Gasteiger partial charge in [-0.2, -0.15) is 5.26 Å². The molecule has 0 heterocycles. The zero-order chi connectivity index (χ0) is 19.3. The Bertz CT molecular complexity index is 831. The van der Waals surface area contributed by atoms with Crippen molar-refractivity contribution in [2.75, 3.05) is 39.1 Å². The number of halogens is 1. The fourth-order valence-electron chi connectivity index (χ4n) is 2.40. The van der Waals surface area contributed by atoms with Crippen LogP contribution in [0.5, 0.6) is 5.75 Å². The van der Waals surface area contributed by atoms with Crippen molar-refractivity contribution < 1.29 is 5.11 Å². The van der Waals surface area contributed by atoms with E-state index in [1.807, 2.05) is 61.3 Å². The quantitative estimate of drug-likeness (QED) is 0.576. The van der Waals surface area contributed by atoms with E-state index in [9.17, 15) is 5.11 Å². The Morgan fingerprint density at radius 1 is 1.12 bits per heavy atom. The van der Waals surface area contributed by atoms with Crippen LogP contribution in [0.15, 0.2) is 46.9 Å². The molecule has 0 saturated carbocycles. The van der Waals surface area contributed by atoms with Gasteiger partial charge in [0, 0.05) is 24.6 Å². The Kier molecular flexibility index (Phi) is 6.61. The number of rotatable bonds is 5. The van der Waals surface area contributed by atoms with Crippen molar-refractivity contribution in [2.45, 2.75) is 0 Å². The molecule has 0 aliphatic rings. The lowest BCUT2D eigenvalue weighted by atomic mass is 10.1. The highest BCUT2D eigenvalue weighted by Crippen LogP contribution is 2.37. The molecule has 0 fully saturated rings. The Labute approximate surface area is 162 Å². The van der Waals surface area contributed by atoms with Crippen molar-refractivity contribution in [3.8, 4) is 11.8 Å². The number of anilines is 2. The van der Waals surface area contributed by atoms with Crippen molar-refractivity contribution in [1.82, 2.24) is 9.80 Å². The molecule has 0 radical (unpaired) electrons. The number of aromatic hydroxyl groups is 1. The lowest BCUT2D eigenvalue weighted by molar-refractivity contribution is 0.354. The number of guanidine groups is 1. The highest BCUT2D eigenvalue weighted by atomic mass is 79.9. The number of nitriles is 1. The zero-order valence-corrected chi connectivity index (χ0v) is 16.7. The second kappa shape index (κ2) is 8.70. The minimum absolute atomic E-state index is 0.0504. The van der Waals surface area contributed by atoms with Crippen LogP contribution in [0.2, 0.25) is 0 Å². The molecule has 0 unspecified atom stereocenters. The maximum atomic E-state index is 10.5. The minimum atomic E-state index is -0.0504. The summed E-state index contributed by atoms with van der Waals surface area (Å²) in [5.74, 6) is 0.171. The lowest BCUT2D eigenvalue weighted by Crippen LogP contribution is -2.42. The number of likely N-dealkylation sites (N-methyl/N-ethyl adjacent to an activating group) is 2. The van der Waals surface area contributed by atoms with E-state index in [1.165, 1.54) is 6.07 Å². The first-order valence-corrected chi connectivity index (χ1v) is 8.86. The summed E-state index contributed by atoms with van der Waals surface area (Å²) in [6.07, 6.45) is 0. The van der Waals surface area contributed by atoms with Gasteiger partial charge in [0.1, 0.15) is 5.75 Å². The third-order valence-corrected chi connectivity index (χ3v) is 4.57. The molecule has 2 aromatic rings. The minimum Gasteiger partial charge on any atom is -0.506 e. The molecule has 2 aromatic carbocycles. The van der Waals surface area contributed by atoms with Gasteiger partial charge in [0.15, 0.2) is 0 Å². The van der Waals surface area contributed by atoms with Crippen molar-refractivity contribution in [2.24, 2.45) is 0 Å². The molecule has 0 amide bonds. The first kappa shape index (κ1) is 19.8. The molecule has 2 N–H and O–H groups in total. The van der Waals surface area contributed by atoms with E-state index >= 15 is 0 Å². The van der Waals surface area contributed by atoms with E-state index in [2.05, 4.69) is 15.9 Å². The van der Waals surface area contributed by atoms with Crippen molar-refractivity contribution >= 4 is 33.3 Å². The van der Waals surface area contributed by atoms with Crippen LogP contribution in [0.1, 0.15) is 5.56 Å². The molecule has 0 saturated heterocycles. The average Bonchev–Trinajstić information content (AvgIpc) is 2.62. The van der Waals surface area contributed by atoms with Crippen molar-refractivity contribution in [3.63, 3.8) is 0 Å². The Balaban J connectivity index is 2.49. The van der Waals surface area contributed by atoms with Crippen molar-refractivity contribution in [3.05, 3.63) is 52.5 Å². The number of para-hydroxylation sites is 1. The molecule has 0 atom stereocenters. The van der Waals surface area contributed by atoms with Gasteiger partial charge in [0.05, 0.1) is 23.0 Å². The summed E-state index contributed by atoms with van der Waals surface area (Å²) in [7, 11) is 5.81. The van der Waals surface area contributed by atoms with E-state index in [4.69, 9.17) is 10.7 Å². The van der Waals surface area contributed by atoms with Gasteiger partial charge in [-0.05, 0) is 60.4 Å². The number of nitrogens with zero attached hydrogens (tertiary/aromatic N) is 4. The largest absolute Gasteiger partial charge is 0.506 e. The maximum absolute atomic E-state index is 10.5. The number of phenols is 1. The van der Waals surface area contributed by atoms with Gasteiger partial charge in [0.25, 0.3) is 0 Å². The van der Waals surface area contributed by atoms with Crippen LogP contribution in [-0.4, -0.2) is 55.1 Å². The predicted octanol–water partition coefficient (Wildman–Crippen LogP) is 3.59. The van der Waals surface area contributed by atoms with Crippen LogP contribution in [0.3, 0.4) is 0 Å². The average molecular weight is 416 g/mol. The lowest BCUT2D eigenvalue weighted by Gasteiger charge is -2.32. The second-order valence-electron chi connectivity index (χ2n) is 6.15. The summed E-state index contributed by atoms with van der Waals surface area (Å²) < 4.78 is 0.800. The van der Waals surface area contributed by atoms with Crippen LogP contribution < -0.4 is 4.90 Å². The summed E-state index contributed by atoms with van der Waals surface area (Å²) in [5, 5.41) is 28.2. The van der Waals surface area contributed by atoms with Crippen LogP contribution >= 0.6 is 15.9 Å². The van der Waals surface area contributed by atoms with E-state index in [-0.39, 0.29) is 11.7 Å². The smallest absolute Gasteiger partial charge is 0.202 e. The van der Waals surface area contributed by atoms with Gasteiger partial charge >= 0.3 is 0 Å². The normalized spacial score (nSPS) is 10.5. The third kappa shape index (κ3) is 4.54. The van der Waals surface area contributed by atoms with Crippen molar-refractivity contribution in [1.29, 1.82) is 10.7 Å². The number of nitrogens with one attached hydrogen (secondary N) is 1. The van der Waals surface area contributed by atoms with E-state index in [0.717, 1.165) is 16.7 Å². The first-order valence-electron chi connectivity index (χ1n) is 8.07. The Morgan fingerprint density at radius 2 is 1.81 bits per heavy atom. The van der Waals surface area contributed by atoms with Crippen LogP contribution in [0.4, 0.5) is 11.4 Å². The predicted molar refractivity (Wildman–Crippen MR) is 108 cm³/mol. The Hall–Kier alpha value is -2.56. The molecular formula is C19H22BrN5O. The van der Waals surface area contributed by atoms with Gasteiger partial charge in [-0.25, -0.2) is 0 Å². The number of hydrogen-bond acceptors (Lipinski definition) is 4. The van der Waals surface area contributed by atoms with Crippen LogP contribution in [0, 0.1) is 16.7 Å². The van der Waals surface area contributed by atoms with Gasteiger partial charge in [-0.15, -0.1) is 0 Å². The molecule has 0 bridgehead atoms. The third-order valence-electron chi connectivity index (χ3n) is 3.89. The molecule has 0 aliphatic heterocycles. The monoisotopic (exact) mass is 415 g/mol. The van der Waals surface area contributed by atoms with Gasteiger partial charge in [-0.1, -0.05) is 12.1 Å². The summed E-state index contributed by atoms with van der Waals surface area (Å²) in [6, 6.07) is 14.2. The molecule has 0 aromatic heterocycles. The number of hydrogen-bond donors (Lipinski definition) is 2. The molecule has 6 nitrogen and oxygen atoms in total. The first-order chi connectivity index (χ1) is 12.3. The second-order valence-corrected chi connectivity index (χ2v) is 7.00.